The topological polar surface area (TPSA) is 71.3 Å². The van der Waals surface area contributed by atoms with Gasteiger partial charge in [-0.3, -0.25) is 0 Å². The van der Waals surface area contributed by atoms with Crippen LogP contribution in [0.3, 0.4) is 0 Å². The van der Waals surface area contributed by atoms with Gasteiger partial charge in [0, 0.05) is 28.8 Å². The lowest BCUT2D eigenvalue weighted by atomic mass is 9.89. The van der Waals surface area contributed by atoms with Gasteiger partial charge < -0.3 is 33.4 Å². The average molecular weight is 486 g/mol. The Balaban J connectivity index is 1.73. The van der Waals surface area contributed by atoms with Gasteiger partial charge in [-0.2, -0.15) is 0 Å². The zero-order chi connectivity index (χ0) is 25.0. The number of hydrogen-bond donors (Lipinski definition) is 1. The quantitative estimate of drug-likeness (QED) is 0.405. The van der Waals surface area contributed by atoms with Crippen molar-refractivity contribution in [1.82, 2.24) is 4.57 Å². The first-order valence-electron chi connectivity index (χ1n) is 11.8. The number of hydrogen-bond acceptors (Lipinski definition) is 6. The Labute approximate surface area is 209 Å². The molecule has 1 atom stereocenters. The second-order valence-corrected chi connectivity index (χ2v) is 8.79. The molecule has 184 valence electrons. The lowest BCUT2D eigenvalue weighted by Gasteiger charge is -2.27. The van der Waals surface area contributed by atoms with Crippen molar-refractivity contribution in [3.05, 3.63) is 65.9 Å². The number of para-hydroxylation sites is 1. The monoisotopic (exact) mass is 485 g/mol. The summed E-state index contributed by atoms with van der Waals surface area (Å²) >= 11 is 0. The van der Waals surface area contributed by atoms with E-state index in [4.69, 9.17) is 23.7 Å². The van der Waals surface area contributed by atoms with Gasteiger partial charge in [0.2, 0.25) is 6.29 Å². The van der Waals surface area contributed by atoms with Crippen molar-refractivity contribution >= 4 is 0 Å². The molecule has 6 rings (SSSR count). The second-order valence-electron chi connectivity index (χ2n) is 8.79. The molecular formula is C29H27NO6. The molecule has 3 heterocycles. The molecule has 4 aromatic rings. The highest BCUT2D eigenvalue weighted by molar-refractivity contribution is 5.99. The van der Waals surface area contributed by atoms with Crippen LogP contribution in [-0.2, 0) is 13.0 Å². The molecule has 1 aromatic heterocycles. The van der Waals surface area contributed by atoms with Gasteiger partial charge in [-0.15, -0.1) is 0 Å². The third kappa shape index (κ3) is 3.16. The number of aryl methyl sites for hydroxylation is 1. The molecule has 0 bridgehead atoms. The zero-order valence-electron chi connectivity index (χ0n) is 20.6. The molecule has 0 aliphatic carbocycles. The van der Waals surface area contributed by atoms with Crippen molar-refractivity contribution in [3.8, 4) is 62.3 Å². The lowest BCUT2D eigenvalue weighted by molar-refractivity contribution is -0.0273. The van der Waals surface area contributed by atoms with Crippen molar-refractivity contribution in [2.45, 2.75) is 19.3 Å². The number of fused-ring (bicyclic) bond motifs is 7. The fourth-order valence-corrected chi connectivity index (χ4v) is 5.48. The summed E-state index contributed by atoms with van der Waals surface area (Å²) in [6, 6.07) is 17.8. The van der Waals surface area contributed by atoms with Gasteiger partial charge in [-0.1, -0.05) is 24.3 Å². The number of benzene rings is 3. The van der Waals surface area contributed by atoms with Crippen LogP contribution in [0.1, 0.15) is 17.5 Å². The summed E-state index contributed by atoms with van der Waals surface area (Å²) in [6.07, 6.45) is -0.312. The van der Waals surface area contributed by atoms with Crippen LogP contribution in [0, 0.1) is 0 Å². The minimum absolute atomic E-state index is 0.632. The normalized spacial score (nSPS) is 15.1. The first-order chi connectivity index (χ1) is 17.6. The van der Waals surface area contributed by atoms with Gasteiger partial charge in [0.1, 0.15) is 5.75 Å². The molecule has 0 fully saturated rings. The first kappa shape index (κ1) is 22.4. The Hall–Kier alpha value is -4.10. The maximum absolute atomic E-state index is 11.2. The van der Waals surface area contributed by atoms with Gasteiger partial charge >= 0.3 is 0 Å². The van der Waals surface area contributed by atoms with Crippen LogP contribution in [-0.4, -0.2) is 38.1 Å². The summed E-state index contributed by atoms with van der Waals surface area (Å²) in [6.45, 7) is 0.691. The summed E-state index contributed by atoms with van der Waals surface area (Å²) in [5, 5.41) is 11.2. The van der Waals surface area contributed by atoms with E-state index in [0.29, 0.717) is 35.3 Å². The van der Waals surface area contributed by atoms with Crippen LogP contribution >= 0.6 is 0 Å². The largest absolute Gasteiger partial charge is 0.493 e. The highest BCUT2D eigenvalue weighted by Crippen LogP contribution is 2.54. The van der Waals surface area contributed by atoms with Crippen LogP contribution in [0.4, 0.5) is 0 Å². The molecular weight excluding hydrogens is 458 g/mol. The summed E-state index contributed by atoms with van der Waals surface area (Å²) in [7, 11) is 6.54. The molecule has 2 aliphatic heterocycles. The molecule has 0 saturated carbocycles. The molecule has 0 saturated heterocycles. The Kier molecular flexibility index (Phi) is 5.30. The van der Waals surface area contributed by atoms with Crippen LogP contribution in [0.25, 0.3) is 33.5 Å². The predicted octanol–water partition coefficient (Wildman–Crippen LogP) is 5.46. The Morgan fingerprint density at radius 3 is 2.22 bits per heavy atom. The molecule has 0 radical (unpaired) electrons. The molecule has 7 heteroatoms. The standard InChI is InChI=1S/C29H27NO6/c1-32-21-10-9-17(14-22(21)33-2)25-26-18-7-5-6-8-20(18)36-29(31)28(26)30-12-11-16-13-23(34-3)24(35-4)15-19(16)27(25)30/h5-10,13-15,29,31H,11-12H2,1-4H3. The van der Waals surface area contributed by atoms with E-state index in [1.807, 2.05) is 54.6 Å². The van der Waals surface area contributed by atoms with Crippen LogP contribution in [0.5, 0.6) is 28.7 Å². The number of aliphatic hydroxyl groups is 1. The Morgan fingerprint density at radius 1 is 0.778 bits per heavy atom. The number of rotatable bonds is 5. The number of ether oxygens (including phenoxy) is 5. The van der Waals surface area contributed by atoms with E-state index in [-0.39, 0.29) is 0 Å². The number of aliphatic hydroxyl groups excluding tert-OH is 1. The van der Waals surface area contributed by atoms with E-state index in [1.54, 1.807) is 28.4 Å². The van der Waals surface area contributed by atoms with E-state index in [1.165, 1.54) is 0 Å². The minimum atomic E-state index is -1.09. The maximum Gasteiger partial charge on any atom is 0.240 e. The van der Waals surface area contributed by atoms with E-state index in [9.17, 15) is 5.11 Å². The van der Waals surface area contributed by atoms with Crippen molar-refractivity contribution in [1.29, 1.82) is 0 Å². The van der Waals surface area contributed by atoms with E-state index < -0.39 is 6.29 Å². The SMILES string of the molecule is COc1ccc(-c2c3c(n4c2-c2cc(OC)c(OC)cc2CC4)C(O)Oc2ccccc2-3)cc1OC. The van der Waals surface area contributed by atoms with Crippen molar-refractivity contribution in [2.75, 3.05) is 28.4 Å². The number of methoxy groups -OCH3 is 4. The summed E-state index contributed by atoms with van der Waals surface area (Å²) < 4.78 is 30.5. The molecule has 0 amide bonds. The first-order valence-corrected chi connectivity index (χ1v) is 11.8. The van der Waals surface area contributed by atoms with Crippen molar-refractivity contribution in [2.24, 2.45) is 0 Å². The maximum atomic E-state index is 11.2. The fraction of sp³-hybridized carbons (Fsp3) is 0.241. The molecule has 0 spiro atoms. The number of aromatic nitrogens is 1. The van der Waals surface area contributed by atoms with Crippen LogP contribution in [0.15, 0.2) is 54.6 Å². The van der Waals surface area contributed by atoms with Crippen molar-refractivity contribution < 1.29 is 28.8 Å². The van der Waals surface area contributed by atoms with E-state index >= 15 is 0 Å². The molecule has 2 aliphatic rings. The van der Waals surface area contributed by atoms with Gasteiger partial charge in [0.05, 0.1) is 39.8 Å². The van der Waals surface area contributed by atoms with E-state index in [0.717, 1.165) is 51.2 Å². The summed E-state index contributed by atoms with van der Waals surface area (Å²) in [5.41, 5.74) is 7.75. The number of nitrogens with zero attached hydrogens (tertiary/aromatic N) is 1. The lowest BCUT2D eigenvalue weighted by Crippen LogP contribution is -2.20. The second kappa shape index (κ2) is 8.53. The fourth-order valence-electron chi connectivity index (χ4n) is 5.48. The molecule has 3 aromatic carbocycles. The zero-order valence-corrected chi connectivity index (χ0v) is 20.6. The Morgan fingerprint density at radius 2 is 1.47 bits per heavy atom. The minimum Gasteiger partial charge on any atom is -0.493 e. The van der Waals surface area contributed by atoms with E-state index in [2.05, 4.69) is 4.57 Å². The third-order valence-corrected chi connectivity index (χ3v) is 7.07. The highest BCUT2D eigenvalue weighted by Gasteiger charge is 2.37. The van der Waals surface area contributed by atoms with Crippen molar-refractivity contribution in [3.63, 3.8) is 0 Å². The highest BCUT2D eigenvalue weighted by atomic mass is 16.6. The van der Waals surface area contributed by atoms with Gasteiger partial charge in [0.15, 0.2) is 23.0 Å². The Bertz CT molecular complexity index is 1490. The molecule has 1 unspecified atom stereocenters. The van der Waals surface area contributed by atoms with Gasteiger partial charge in [0.25, 0.3) is 0 Å². The molecule has 36 heavy (non-hydrogen) atoms. The van der Waals surface area contributed by atoms with Gasteiger partial charge in [-0.25, -0.2) is 0 Å². The predicted molar refractivity (Wildman–Crippen MR) is 136 cm³/mol. The third-order valence-electron chi connectivity index (χ3n) is 7.07. The molecule has 7 nitrogen and oxygen atoms in total. The van der Waals surface area contributed by atoms with Gasteiger partial charge in [-0.05, 0) is 47.9 Å². The summed E-state index contributed by atoms with van der Waals surface area (Å²) in [5.74, 6) is 3.28. The van der Waals surface area contributed by atoms with Crippen LogP contribution < -0.4 is 23.7 Å². The average Bonchev–Trinajstić information content (AvgIpc) is 3.28. The van der Waals surface area contributed by atoms with Crippen LogP contribution in [0.2, 0.25) is 0 Å². The molecule has 1 N–H and O–H groups in total. The summed E-state index contributed by atoms with van der Waals surface area (Å²) in [4.78, 5) is 0. The smallest absolute Gasteiger partial charge is 0.240 e.